The zero-order chi connectivity index (χ0) is 17.9. The molecule has 0 saturated carbocycles. The molecule has 0 aliphatic heterocycles. The fourth-order valence-electron chi connectivity index (χ4n) is 3.12. The first kappa shape index (κ1) is 17.8. The summed E-state index contributed by atoms with van der Waals surface area (Å²) in [5.74, 6) is 0. The minimum Gasteiger partial charge on any atom is -0.166 e. The summed E-state index contributed by atoms with van der Waals surface area (Å²) in [6.07, 6.45) is -4.34. The predicted octanol–water partition coefficient (Wildman–Crippen LogP) is 3.95. The van der Waals surface area contributed by atoms with Crippen molar-refractivity contribution >= 4 is 35.2 Å². The first-order chi connectivity index (χ1) is 12.0. The molecule has 0 aliphatic carbocycles. The summed E-state index contributed by atoms with van der Waals surface area (Å²) < 4.78 is 38.8. The average molecular weight is 377 g/mol. The Hall–Kier alpha value is -2.04. The van der Waals surface area contributed by atoms with E-state index in [4.69, 9.17) is 11.6 Å². The lowest BCUT2D eigenvalue weighted by Crippen LogP contribution is -2.69. The summed E-state index contributed by atoms with van der Waals surface area (Å²) in [6.45, 7) is 0. The van der Waals surface area contributed by atoms with E-state index in [9.17, 15) is 13.2 Å². The first-order valence-electron chi connectivity index (χ1n) is 7.83. The highest BCUT2D eigenvalue weighted by Crippen LogP contribution is 2.28. The Bertz CT molecular complexity index is 776. The predicted molar refractivity (Wildman–Crippen MR) is 99.7 cm³/mol. The van der Waals surface area contributed by atoms with Crippen LogP contribution in [-0.2, 0) is 6.18 Å². The van der Waals surface area contributed by atoms with Crippen molar-refractivity contribution in [3.63, 3.8) is 0 Å². The zero-order valence-electron chi connectivity index (χ0n) is 13.3. The Labute approximate surface area is 150 Å². The summed E-state index contributed by atoms with van der Waals surface area (Å²) in [5, 5.41) is 3.03. The van der Waals surface area contributed by atoms with Gasteiger partial charge in [-0.1, -0.05) is 84.9 Å². The molecule has 3 rings (SSSR count). The van der Waals surface area contributed by atoms with Gasteiger partial charge in [-0.3, -0.25) is 0 Å². The second-order valence-electron chi connectivity index (χ2n) is 5.85. The van der Waals surface area contributed by atoms with Crippen LogP contribution in [0, 0.1) is 0 Å². The molecule has 0 heterocycles. The lowest BCUT2D eigenvalue weighted by molar-refractivity contribution is -0.137. The number of benzene rings is 3. The molecule has 3 aromatic rings. The number of hydrogen-bond acceptors (Lipinski definition) is 0. The molecular weight excluding hydrogens is 361 g/mol. The molecule has 0 aliphatic rings. The van der Waals surface area contributed by atoms with Crippen LogP contribution in [0.5, 0.6) is 0 Å². The smallest absolute Gasteiger partial charge is 0.166 e. The maximum atomic E-state index is 12.9. The molecule has 0 fully saturated rings. The third-order valence-electron chi connectivity index (χ3n) is 4.44. The molecule has 0 radical (unpaired) electrons. The standard InChI is InChI=1S/C20H16ClF3Si/c21-15-25(17-7-3-1-4-8-17,18-9-5-2-6-10-18)19-13-11-16(12-14-19)20(22,23)24/h1-14H,15H2. The van der Waals surface area contributed by atoms with Gasteiger partial charge in [-0.2, -0.15) is 13.2 Å². The summed E-state index contributed by atoms with van der Waals surface area (Å²) in [7, 11) is -2.58. The topological polar surface area (TPSA) is 0 Å². The molecule has 0 nitrogen and oxygen atoms in total. The van der Waals surface area contributed by atoms with Gasteiger partial charge in [-0.25, -0.2) is 0 Å². The van der Waals surface area contributed by atoms with E-state index >= 15 is 0 Å². The molecule has 0 saturated heterocycles. The monoisotopic (exact) mass is 376 g/mol. The van der Waals surface area contributed by atoms with Crippen LogP contribution < -0.4 is 15.6 Å². The van der Waals surface area contributed by atoms with E-state index in [-0.39, 0.29) is 0 Å². The van der Waals surface area contributed by atoms with E-state index < -0.39 is 19.8 Å². The quantitative estimate of drug-likeness (QED) is 0.367. The molecule has 0 amide bonds. The summed E-state index contributed by atoms with van der Waals surface area (Å²) in [4.78, 5) is 0. The van der Waals surface area contributed by atoms with Crippen LogP contribution in [0.2, 0.25) is 0 Å². The molecule has 0 bridgehead atoms. The molecule has 0 aromatic heterocycles. The Kier molecular flexibility index (Phi) is 5.02. The van der Waals surface area contributed by atoms with Gasteiger partial charge in [0.05, 0.1) is 5.56 Å². The van der Waals surface area contributed by atoms with E-state index in [1.54, 1.807) is 12.1 Å². The normalized spacial score (nSPS) is 12.2. The molecule has 0 spiro atoms. The molecule has 0 unspecified atom stereocenters. The fraction of sp³-hybridized carbons (Fsp3) is 0.100. The number of alkyl halides is 4. The van der Waals surface area contributed by atoms with Gasteiger partial charge in [0.25, 0.3) is 0 Å². The van der Waals surface area contributed by atoms with Gasteiger partial charge in [0.1, 0.15) is 0 Å². The van der Waals surface area contributed by atoms with Crippen molar-refractivity contribution in [1.82, 2.24) is 0 Å². The van der Waals surface area contributed by atoms with Crippen molar-refractivity contribution in [1.29, 1.82) is 0 Å². The molecule has 25 heavy (non-hydrogen) atoms. The maximum Gasteiger partial charge on any atom is 0.416 e. The Morgan fingerprint density at radius 1 is 0.640 bits per heavy atom. The highest BCUT2D eigenvalue weighted by Gasteiger charge is 2.39. The summed E-state index contributed by atoms with van der Waals surface area (Å²) in [5.41, 5.74) is -0.290. The van der Waals surface area contributed by atoms with Crippen LogP contribution in [0.25, 0.3) is 0 Å². The van der Waals surface area contributed by atoms with E-state index in [2.05, 4.69) is 0 Å². The second-order valence-corrected chi connectivity index (χ2v) is 10.5. The molecular formula is C20H16ClF3Si. The van der Waals surface area contributed by atoms with Crippen molar-refractivity contribution in [3.05, 3.63) is 90.5 Å². The van der Waals surface area contributed by atoms with Gasteiger partial charge in [-0.05, 0) is 15.6 Å². The number of hydrogen-bond donors (Lipinski definition) is 0. The minimum absolute atomic E-state index is 0.354. The third-order valence-corrected chi connectivity index (χ3v) is 10.00. The van der Waals surface area contributed by atoms with Crippen LogP contribution in [-0.4, -0.2) is 13.6 Å². The highest BCUT2D eigenvalue weighted by molar-refractivity contribution is 7.14. The van der Waals surface area contributed by atoms with Crippen LogP contribution >= 0.6 is 11.6 Å². The van der Waals surface area contributed by atoms with Gasteiger partial charge >= 0.3 is 6.18 Å². The molecule has 3 aromatic carbocycles. The van der Waals surface area contributed by atoms with Crippen LogP contribution in [0.4, 0.5) is 13.2 Å². The lowest BCUT2D eigenvalue weighted by Gasteiger charge is -2.31. The highest BCUT2D eigenvalue weighted by atomic mass is 35.5. The van der Waals surface area contributed by atoms with Crippen molar-refractivity contribution in [2.75, 3.05) is 5.50 Å². The van der Waals surface area contributed by atoms with Gasteiger partial charge in [0.2, 0.25) is 0 Å². The fourth-order valence-corrected chi connectivity index (χ4v) is 8.23. The first-order valence-corrected chi connectivity index (χ1v) is 10.6. The second kappa shape index (κ2) is 7.06. The van der Waals surface area contributed by atoms with E-state index in [1.165, 1.54) is 0 Å². The van der Waals surface area contributed by atoms with E-state index in [0.29, 0.717) is 5.50 Å². The molecule has 128 valence electrons. The van der Waals surface area contributed by atoms with Crippen molar-refractivity contribution in [3.8, 4) is 0 Å². The number of halogens is 4. The minimum atomic E-state index is -4.34. The number of rotatable bonds is 4. The van der Waals surface area contributed by atoms with Crippen molar-refractivity contribution in [2.24, 2.45) is 0 Å². The van der Waals surface area contributed by atoms with Crippen molar-refractivity contribution < 1.29 is 13.2 Å². The van der Waals surface area contributed by atoms with Crippen LogP contribution in [0.3, 0.4) is 0 Å². The summed E-state index contributed by atoms with van der Waals surface area (Å²) >= 11 is 6.50. The lowest BCUT2D eigenvalue weighted by atomic mass is 10.2. The van der Waals surface area contributed by atoms with Gasteiger partial charge < -0.3 is 0 Å². The Morgan fingerprint density at radius 3 is 1.40 bits per heavy atom. The van der Waals surface area contributed by atoms with Crippen LogP contribution in [0.1, 0.15) is 5.56 Å². The maximum absolute atomic E-state index is 12.9. The van der Waals surface area contributed by atoms with E-state index in [1.807, 2.05) is 60.7 Å². The van der Waals surface area contributed by atoms with Crippen molar-refractivity contribution in [2.45, 2.75) is 6.18 Å². The SMILES string of the molecule is FC(F)(F)c1ccc([Si](CCl)(c2ccccc2)c2ccccc2)cc1. The van der Waals surface area contributed by atoms with Gasteiger partial charge in [0.15, 0.2) is 8.07 Å². The van der Waals surface area contributed by atoms with E-state index in [0.717, 1.165) is 27.7 Å². The zero-order valence-corrected chi connectivity index (χ0v) is 15.1. The van der Waals surface area contributed by atoms with Gasteiger partial charge in [0, 0.05) is 5.50 Å². The third kappa shape index (κ3) is 3.37. The molecule has 5 heteroatoms. The Balaban J connectivity index is 2.21. The van der Waals surface area contributed by atoms with Crippen LogP contribution in [0.15, 0.2) is 84.9 Å². The molecule has 0 N–H and O–H groups in total. The summed E-state index contributed by atoms with van der Waals surface area (Å²) in [6, 6.07) is 25.1. The van der Waals surface area contributed by atoms with Gasteiger partial charge in [-0.15, -0.1) is 11.6 Å². The Morgan fingerprint density at radius 2 is 1.04 bits per heavy atom. The average Bonchev–Trinajstić information content (AvgIpc) is 2.64. The largest absolute Gasteiger partial charge is 0.416 e. The molecule has 0 atom stereocenters.